The zero-order valence-electron chi connectivity index (χ0n) is 14.6. The van der Waals surface area contributed by atoms with Crippen molar-refractivity contribution in [1.29, 1.82) is 0 Å². The van der Waals surface area contributed by atoms with Crippen LogP contribution in [0.4, 0.5) is 0 Å². The van der Waals surface area contributed by atoms with Crippen molar-refractivity contribution in [3.63, 3.8) is 0 Å². The third-order valence-corrected chi connectivity index (χ3v) is 3.54. The van der Waals surface area contributed by atoms with Crippen LogP contribution >= 0.6 is 0 Å². The third-order valence-electron chi connectivity index (χ3n) is 3.54. The molecule has 0 aliphatic carbocycles. The Morgan fingerprint density at radius 2 is 1.91 bits per heavy atom. The molecule has 2 rings (SSSR count). The summed E-state index contributed by atoms with van der Waals surface area (Å²) < 4.78 is 5.85. The van der Waals surface area contributed by atoms with Crippen LogP contribution < -0.4 is 10.5 Å². The molecule has 2 aromatic rings. The molecule has 2 N–H and O–H groups in total. The van der Waals surface area contributed by atoms with E-state index in [9.17, 15) is 0 Å². The Labute approximate surface area is 138 Å². The molecular weight excluding hydrogens is 288 g/mol. The van der Waals surface area contributed by atoms with Gasteiger partial charge >= 0.3 is 0 Å². The van der Waals surface area contributed by atoms with Crippen LogP contribution in [-0.4, -0.2) is 27.1 Å². The van der Waals surface area contributed by atoms with Crippen LogP contribution in [0, 0.1) is 19.8 Å². The van der Waals surface area contributed by atoms with Crippen molar-refractivity contribution < 1.29 is 4.74 Å². The number of aryl methyl sites for hydroxylation is 2. The van der Waals surface area contributed by atoms with Gasteiger partial charge in [0.25, 0.3) is 0 Å². The molecule has 0 saturated carbocycles. The third kappa shape index (κ3) is 4.99. The largest absolute Gasteiger partial charge is 0.476 e. The van der Waals surface area contributed by atoms with E-state index >= 15 is 0 Å². The summed E-state index contributed by atoms with van der Waals surface area (Å²) in [6.07, 6.45) is 4.25. The maximum Gasteiger partial charge on any atom is 0.216 e. The molecule has 0 amide bonds. The fourth-order valence-electron chi connectivity index (χ4n) is 2.69. The van der Waals surface area contributed by atoms with Crippen molar-refractivity contribution in [2.24, 2.45) is 11.7 Å². The van der Waals surface area contributed by atoms with Crippen LogP contribution in [0.3, 0.4) is 0 Å². The molecule has 0 aliphatic heterocycles. The van der Waals surface area contributed by atoms with Crippen LogP contribution in [-0.2, 0) is 0 Å². The molecule has 124 valence electrons. The monoisotopic (exact) mass is 314 g/mol. The Hall–Kier alpha value is -2.01. The lowest BCUT2D eigenvalue weighted by Crippen LogP contribution is -2.43. The number of ether oxygens (including phenoxy) is 1. The van der Waals surface area contributed by atoms with Gasteiger partial charge in [0.1, 0.15) is 12.9 Å². The van der Waals surface area contributed by atoms with Crippen LogP contribution in [0.1, 0.15) is 38.4 Å². The van der Waals surface area contributed by atoms with E-state index < -0.39 is 0 Å². The standard InChI is InChI=1S/C18H26N4O/c1-12(2)8-18(5,19)10-23-17-13(3)6-15(9-20-17)16-7-14(4)21-11-22-16/h6-7,9,11-12H,8,10,19H2,1-5H3. The lowest BCUT2D eigenvalue weighted by Gasteiger charge is -2.26. The molecule has 2 heterocycles. The highest BCUT2D eigenvalue weighted by Crippen LogP contribution is 2.23. The van der Waals surface area contributed by atoms with Crippen molar-refractivity contribution in [3.05, 3.63) is 35.9 Å². The van der Waals surface area contributed by atoms with E-state index in [-0.39, 0.29) is 5.54 Å². The Balaban J connectivity index is 2.11. The van der Waals surface area contributed by atoms with E-state index in [4.69, 9.17) is 10.5 Å². The van der Waals surface area contributed by atoms with E-state index in [1.54, 1.807) is 12.5 Å². The molecule has 1 unspecified atom stereocenters. The lowest BCUT2D eigenvalue weighted by atomic mass is 9.93. The van der Waals surface area contributed by atoms with Crippen LogP contribution in [0.25, 0.3) is 11.3 Å². The van der Waals surface area contributed by atoms with Gasteiger partial charge in [-0.1, -0.05) is 13.8 Å². The number of aromatic nitrogens is 3. The fraction of sp³-hybridized carbons (Fsp3) is 0.500. The van der Waals surface area contributed by atoms with Gasteiger partial charge in [0, 0.05) is 28.6 Å². The second-order valence-electron chi connectivity index (χ2n) is 6.93. The quantitative estimate of drug-likeness (QED) is 0.885. The number of nitrogens with two attached hydrogens (primary N) is 1. The Bertz CT molecular complexity index is 668. The van der Waals surface area contributed by atoms with E-state index in [0.29, 0.717) is 18.4 Å². The molecule has 0 spiro atoms. The summed E-state index contributed by atoms with van der Waals surface area (Å²) in [6, 6.07) is 3.97. The number of nitrogens with zero attached hydrogens (tertiary/aromatic N) is 3. The first-order valence-electron chi connectivity index (χ1n) is 7.94. The molecule has 23 heavy (non-hydrogen) atoms. The SMILES string of the molecule is Cc1cc(-c2cnc(OCC(C)(N)CC(C)C)c(C)c2)ncn1. The molecule has 5 heteroatoms. The lowest BCUT2D eigenvalue weighted by molar-refractivity contribution is 0.199. The number of hydrogen-bond acceptors (Lipinski definition) is 5. The van der Waals surface area contributed by atoms with Gasteiger partial charge in [-0.3, -0.25) is 0 Å². The Kier molecular flexibility index (Phi) is 5.31. The van der Waals surface area contributed by atoms with Gasteiger partial charge in [-0.25, -0.2) is 15.0 Å². The highest BCUT2D eigenvalue weighted by molar-refractivity contribution is 5.59. The first-order valence-corrected chi connectivity index (χ1v) is 7.94. The zero-order chi connectivity index (χ0) is 17.0. The molecule has 5 nitrogen and oxygen atoms in total. The van der Waals surface area contributed by atoms with Crippen molar-refractivity contribution in [1.82, 2.24) is 15.0 Å². The van der Waals surface area contributed by atoms with Crippen molar-refractivity contribution in [2.75, 3.05) is 6.61 Å². The van der Waals surface area contributed by atoms with Gasteiger partial charge < -0.3 is 10.5 Å². The minimum Gasteiger partial charge on any atom is -0.476 e. The highest BCUT2D eigenvalue weighted by atomic mass is 16.5. The maximum absolute atomic E-state index is 6.28. The second-order valence-corrected chi connectivity index (χ2v) is 6.93. The average molecular weight is 314 g/mol. The minimum atomic E-state index is -0.356. The first-order chi connectivity index (χ1) is 10.8. The Morgan fingerprint density at radius 3 is 2.52 bits per heavy atom. The van der Waals surface area contributed by atoms with Crippen molar-refractivity contribution in [2.45, 2.75) is 46.6 Å². The van der Waals surface area contributed by atoms with Gasteiger partial charge in [-0.2, -0.15) is 0 Å². The summed E-state index contributed by atoms with van der Waals surface area (Å²) in [7, 11) is 0. The van der Waals surface area contributed by atoms with Crippen LogP contribution in [0.5, 0.6) is 5.88 Å². The summed E-state index contributed by atoms with van der Waals surface area (Å²) in [4.78, 5) is 12.8. The maximum atomic E-state index is 6.28. The van der Waals surface area contributed by atoms with Gasteiger partial charge in [-0.15, -0.1) is 0 Å². The topological polar surface area (TPSA) is 73.9 Å². The van der Waals surface area contributed by atoms with Crippen LogP contribution in [0.15, 0.2) is 24.7 Å². The van der Waals surface area contributed by atoms with Gasteiger partial charge in [0.05, 0.1) is 5.69 Å². The van der Waals surface area contributed by atoms with Gasteiger partial charge in [-0.05, 0) is 45.2 Å². The minimum absolute atomic E-state index is 0.356. The number of rotatable bonds is 6. The second kappa shape index (κ2) is 7.04. The van der Waals surface area contributed by atoms with Crippen molar-refractivity contribution >= 4 is 0 Å². The van der Waals surface area contributed by atoms with Gasteiger partial charge in [0.15, 0.2) is 0 Å². The molecule has 0 aliphatic rings. The molecule has 0 aromatic carbocycles. The first kappa shape index (κ1) is 17.3. The summed E-state index contributed by atoms with van der Waals surface area (Å²) in [6.45, 7) is 10.7. The summed E-state index contributed by atoms with van der Waals surface area (Å²) in [5.74, 6) is 1.16. The van der Waals surface area contributed by atoms with Crippen molar-refractivity contribution in [3.8, 4) is 17.1 Å². The average Bonchev–Trinajstić information content (AvgIpc) is 2.44. The molecule has 0 saturated heterocycles. The van der Waals surface area contributed by atoms with Gasteiger partial charge in [0.2, 0.25) is 5.88 Å². The molecule has 0 bridgehead atoms. The Morgan fingerprint density at radius 1 is 1.17 bits per heavy atom. The fourth-order valence-corrected chi connectivity index (χ4v) is 2.69. The molecule has 0 radical (unpaired) electrons. The molecule has 2 aromatic heterocycles. The zero-order valence-corrected chi connectivity index (χ0v) is 14.6. The predicted molar refractivity (Wildman–Crippen MR) is 92.3 cm³/mol. The smallest absolute Gasteiger partial charge is 0.216 e. The van der Waals surface area contributed by atoms with E-state index in [1.165, 1.54) is 0 Å². The highest BCUT2D eigenvalue weighted by Gasteiger charge is 2.21. The normalized spacial score (nSPS) is 13.9. The molecular formula is C18H26N4O. The number of hydrogen-bond donors (Lipinski definition) is 1. The predicted octanol–water partition coefficient (Wildman–Crippen LogP) is 3.30. The van der Waals surface area contributed by atoms with E-state index in [2.05, 4.69) is 28.8 Å². The van der Waals surface area contributed by atoms with E-state index in [1.807, 2.05) is 32.9 Å². The molecule has 0 fully saturated rings. The summed E-state index contributed by atoms with van der Waals surface area (Å²) in [5.41, 5.74) is 9.65. The summed E-state index contributed by atoms with van der Waals surface area (Å²) >= 11 is 0. The summed E-state index contributed by atoms with van der Waals surface area (Å²) in [5, 5.41) is 0. The molecule has 1 atom stereocenters. The number of pyridine rings is 1. The van der Waals surface area contributed by atoms with E-state index in [0.717, 1.165) is 28.9 Å². The van der Waals surface area contributed by atoms with Crippen LogP contribution in [0.2, 0.25) is 0 Å².